The number of rotatable bonds is 2. The summed E-state index contributed by atoms with van der Waals surface area (Å²) in [6, 6.07) is 3.28. The highest BCUT2D eigenvalue weighted by Crippen LogP contribution is 2.22. The number of nitrogens with zero attached hydrogens (tertiary/aromatic N) is 2. The molecule has 3 N–H and O–H groups in total. The predicted octanol–water partition coefficient (Wildman–Crippen LogP) is 0.897. The summed E-state index contributed by atoms with van der Waals surface area (Å²) >= 11 is 0. The Labute approximate surface area is 107 Å². The minimum Gasteiger partial charge on any atom is -0.393 e. The first-order valence-electron chi connectivity index (χ1n) is 6.27. The van der Waals surface area contributed by atoms with E-state index in [0.717, 1.165) is 12.8 Å². The number of nitrogens with two attached hydrogens (primary N) is 1. The largest absolute Gasteiger partial charge is 0.393 e. The number of aliphatic hydroxyl groups is 1. The van der Waals surface area contributed by atoms with Crippen molar-refractivity contribution in [3.8, 4) is 0 Å². The number of hydrogen-bond donors (Lipinski definition) is 2. The lowest BCUT2D eigenvalue weighted by Crippen LogP contribution is -2.40. The molecule has 1 saturated heterocycles. The van der Waals surface area contributed by atoms with Crippen LogP contribution >= 0.6 is 0 Å². The summed E-state index contributed by atoms with van der Waals surface area (Å²) in [7, 11) is 0. The third kappa shape index (κ3) is 2.79. The summed E-state index contributed by atoms with van der Waals surface area (Å²) in [6.07, 6.45) is 2.96. The normalized spacial score (nSPS) is 18.7. The lowest BCUT2D eigenvalue weighted by atomic mass is 9.92. The number of amides is 1. The van der Waals surface area contributed by atoms with E-state index in [2.05, 4.69) is 4.98 Å². The summed E-state index contributed by atoms with van der Waals surface area (Å²) in [5, 5.41) is 9.53. The van der Waals surface area contributed by atoms with Gasteiger partial charge in [-0.1, -0.05) is 0 Å². The second kappa shape index (κ2) is 5.35. The number of carbonyl (C=O) groups excluding carboxylic acids is 1. The van der Waals surface area contributed by atoms with Gasteiger partial charge in [-0.15, -0.1) is 0 Å². The molecule has 0 radical (unpaired) electrons. The van der Waals surface area contributed by atoms with Gasteiger partial charge >= 0.3 is 0 Å². The van der Waals surface area contributed by atoms with Gasteiger partial charge in [-0.25, -0.2) is 4.98 Å². The zero-order chi connectivity index (χ0) is 13.1. The van der Waals surface area contributed by atoms with Crippen LogP contribution in [0.2, 0.25) is 0 Å². The van der Waals surface area contributed by atoms with Gasteiger partial charge in [0, 0.05) is 24.8 Å². The molecule has 2 heterocycles. The highest BCUT2D eigenvalue weighted by Gasteiger charge is 2.25. The van der Waals surface area contributed by atoms with Gasteiger partial charge in [0.25, 0.3) is 5.91 Å². The number of pyridine rings is 1. The Morgan fingerprint density at radius 2 is 2.22 bits per heavy atom. The molecule has 1 unspecified atom stereocenters. The molecule has 98 valence electrons. The van der Waals surface area contributed by atoms with E-state index in [-0.39, 0.29) is 12.0 Å². The van der Waals surface area contributed by atoms with Gasteiger partial charge in [-0.3, -0.25) is 4.79 Å². The molecule has 0 bridgehead atoms. The molecule has 5 nitrogen and oxygen atoms in total. The lowest BCUT2D eigenvalue weighted by molar-refractivity contribution is 0.0521. The SMILES string of the molecule is CC(O)C1CCN(C(=O)c2ccnc(N)c2)CC1. The van der Waals surface area contributed by atoms with Crippen LogP contribution in [0.5, 0.6) is 0 Å². The number of aromatic nitrogens is 1. The number of carbonyl (C=O) groups is 1. The van der Waals surface area contributed by atoms with Crippen molar-refractivity contribution in [1.82, 2.24) is 9.88 Å². The van der Waals surface area contributed by atoms with E-state index in [1.54, 1.807) is 18.3 Å². The van der Waals surface area contributed by atoms with Crippen molar-refractivity contribution >= 4 is 11.7 Å². The van der Waals surface area contributed by atoms with Gasteiger partial charge in [-0.2, -0.15) is 0 Å². The number of piperidine rings is 1. The fourth-order valence-electron chi connectivity index (χ4n) is 2.35. The topological polar surface area (TPSA) is 79.5 Å². The van der Waals surface area contributed by atoms with E-state index in [1.165, 1.54) is 0 Å². The minimum atomic E-state index is -0.293. The second-order valence-electron chi connectivity index (χ2n) is 4.84. The molecule has 1 aromatic heterocycles. The third-order valence-electron chi connectivity index (χ3n) is 3.54. The first-order valence-corrected chi connectivity index (χ1v) is 6.27. The van der Waals surface area contributed by atoms with Gasteiger partial charge < -0.3 is 15.7 Å². The van der Waals surface area contributed by atoms with Crippen LogP contribution in [0.25, 0.3) is 0 Å². The summed E-state index contributed by atoms with van der Waals surface area (Å²) in [4.78, 5) is 17.9. The van der Waals surface area contributed by atoms with E-state index in [1.807, 2.05) is 11.8 Å². The lowest BCUT2D eigenvalue weighted by Gasteiger charge is -2.33. The van der Waals surface area contributed by atoms with Crippen molar-refractivity contribution in [3.63, 3.8) is 0 Å². The van der Waals surface area contributed by atoms with Crippen molar-refractivity contribution in [2.75, 3.05) is 18.8 Å². The van der Waals surface area contributed by atoms with Crippen molar-refractivity contribution in [2.45, 2.75) is 25.9 Å². The first kappa shape index (κ1) is 12.8. The Hall–Kier alpha value is -1.62. The maximum absolute atomic E-state index is 12.2. The van der Waals surface area contributed by atoms with Crippen molar-refractivity contribution in [2.24, 2.45) is 5.92 Å². The summed E-state index contributed by atoms with van der Waals surface area (Å²) < 4.78 is 0. The maximum Gasteiger partial charge on any atom is 0.254 e. The van der Waals surface area contributed by atoms with E-state index >= 15 is 0 Å². The average molecular weight is 249 g/mol. The Morgan fingerprint density at radius 3 is 2.78 bits per heavy atom. The highest BCUT2D eigenvalue weighted by molar-refractivity contribution is 5.94. The number of nitrogen functional groups attached to an aromatic ring is 1. The molecule has 0 spiro atoms. The van der Waals surface area contributed by atoms with Crippen molar-refractivity contribution < 1.29 is 9.90 Å². The Balaban J connectivity index is 1.99. The summed E-state index contributed by atoms with van der Waals surface area (Å²) in [6.45, 7) is 3.19. The van der Waals surface area contributed by atoms with Crippen LogP contribution in [0.3, 0.4) is 0 Å². The molecule has 0 saturated carbocycles. The number of anilines is 1. The van der Waals surface area contributed by atoms with Gasteiger partial charge in [0.1, 0.15) is 5.82 Å². The molecular weight excluding hydrogens is 230 g/mol. The molecular formula is C13H19N3O2. The number of aliphatic hydroxyl groups excluding tert-OH is 1. The van der Waals surface area contributed by atoms with E-state index in [4.69, 9.17) is 5.73 Å². The van der Waals surface area contributed by atoms with Crippen molar-refractivity contribution in [1.29, 1.82) is 0 Å². The molecule has 1 aliphatic rings. The molecule has 2 rings (SSSR count). The van der Waals surface area contributed by atoms with Gasteiger partial charge in [0.2, 0.25) is 0 Å². The monoisotopic (exact) mass is 249 g/mol. The standard InChI is InChI=1S/C13H19N3O2/c1-9(17)10-3-6-16(7-4-10)13(18)11-2-5-15-12(14)8-11/h2,5,8-10,17H,3-4,6-7H2,1H3,(H2,14,15). The van der Waals surface area contributed by atoms with Crippen molar-refractivity contribution in [3.05, 3.63) is 23.9 Å². The zero-order valence-electron chi connectivity index (χ0n) is 10.5. The molecule has 0 aromatic carbocycles. The Bertz CT molecular complexity index is 426. The van der Waals surface area contributed by atoms with Crippen LogP contribution in [0.1, 0.15) is 30.1 Å². The predicted molar refractivity (Wildman–Crippen MR) is 69.0 cm³/mol. The summed E-state index contributed by atoms with van der Waals surface area (Å²) in [5.74, 6) is 0.657. The second-order valence-corrected chi connectivity index (χ2v) is 4.84. The van der Waals surface area contributed by atoms with E-state index in [9.17, 15) is 9.90 Å². The van der Waals surface area contributed by atoms with Crippen LogP contribution in [-0.4, -0.2) is 40.1 Å². The smallest absolute Gasteiger partial charge is 0.254 e. The molecule has 18 heavy (non-hydrogen) atoms. The van der Waals surface area contributed by atoms with E-state index in [0.29, 0.717) is 30.4 Å². The number of hydrogen-bond acceptors (Lipinski definition) is 4. The molecule has 1 atom stereocenters. The molecule has 1 aromatic rings. The van der Waals surface area contributed by atoms with Crippen LogP contribution in [0, 0.1) is 5.92 Å². The maximum atomic E-state index is 12.2. The Kier molecular flexibility index (Phi) is 3.81. The van der Waals surface area contributed by atoms with Crippen LogP contribution in [-0.2, 0) is 0 Å². The van der Waals surface area contributed by atoms with Crippen LogP contribution in [0.15, 0.2) is 18.3 Å². The summed E-state index contributed by atoms with van der Waals surface area (Å²) in [5.41, 5.74) is 6.15. The fraction of sp³-hybridized carbons (Fsp3) is 0.538. The molecule has 1 amide bonds. The fourth-order valence-corrected chi connectivity index (χ4v) is 2.35. The zero-order valence-corrected chi connectivity index (χ0v) is 10.5. The molecule has 0 aliphatic carbocycles. The average Bonchev–Trinajstić information content (AvgIpc) is 2.38. The van der Waals surface area contributed by atoms with Gasteiger partial charge in [0.05, 0.1) is 6.10 Å². The van der Waals surface area contributed by atoms with Crippen LogP contribution < -0.4 is 5.73 Å². The molecule has 1 fully saturated rings. The minimum absolute atomic E-state index is 0.00635. The number of likely N-dealkylation sites (tertiary alicyclic amines) is 1. The quantitative estimate of drug-likeness (QED) is 0.816. The molecule has 1 aliphatic heterocycles. The Morgan fingerprint density at radius 1 is 1.56 bits per heavy atom. The third-order valence-corrected chi connectivity index (χ3v) is 3.54. The first-order chi connectivity index (χ1) is 8.58. The molecule has 5 heteroatoms. The highest BCUT2D eigenvalue weighted by atomic mass is 16.3. The van der Waals surface area contributed by atoms with Gasteiger partial charge in [-0.05, 0) is 37.8 Å². The van der Waals surface area contributed by atoms with Gasteiger partial charge in [0.15, 0.2) is 0 Å². The van der Waals surface area contributed by atoms with E-state index < -0.39 is 0 Å². The van der Waals surface area contributed by atoms with Crippen LogP contribution in [0.4, 0.5) is 5.82 Å².